The molecule has 0 amide bonds. The van der Waals surface area contributed by atoms with Gasteiger partial charge in [0.25, 0.3) is 0 Å². The van der Waals surface area contributed by atoms with Crippen LogP contribution in [-0.2, 0) is 6.54 Å². The molecule has 19 heavy (non-hydrogen) atoms. The van der Waals surface area contributed by atoms with Gasteiger partial charge >= 0.3 is 6.18 Å². The van der Waals surface area contributed by atoms with Gasteiger partial charge in [0, 0.05) is 12.6 Å². The highest BCUT2D eigenvalue weighted by atomic mass is 19.4. The van der Waals surface area contributed by atoms with Gasteiger partial charge in [-0.1, -0.05) is 13.3 Å². The molecule has 0 atom stereocenters. The van der Waals surface area contributed by atoms with E-state index in [9.17, 15) is 17.6 Å². The summed E-state index contributed by atoms with van der Waals surface area (Å²) in [6.45, 7) is 1.82. The Morgan fingerprint density at radius 2 is 1.95 bits per heavy atom. The lowest BCUT2D eigenvalue weighted by molar-refractivity contribution is -0.153. The Kier molecular flexibility index (Phi) is 6.08. The maximum Gasteiger partial charge on any atom is 0.422 e. The van der Waals surface area contributed by atoms with E-state index in [1.807, 2.05) is 6.92 Å². The van der Waals surface area contributed by atoms with Crippen LogP contribution in [-0.4, -0.2) is 19.3 Å². The first kappa shape index (κ1) is 15.8. The number of alkyl halides is 3. The van der Waals surface area contributed by atoms with Crippen molar-refractivity contribution in [2.45, 2.75) is 32.5 Å². The summed E-state index contributed by atoms with van der Waals surface area (Å²) in [5.74, 6) is -0.711. The fraction of sp³-hybridized carbons (Fsp3) is 0.538. The lowest BCUT2D eigenvalue weighted by Crippen LogP contribution is -2.19. The van der Waals surface area contributed by atoms with Crippen molar-refractivity contribution in [1.29, 1.82) is 0 Å². The largest absolute Gasteiger partial charge is 0.484 e. The van der Waals surface area contributed by atoms with Gasteiger partial charge in [0.2, 0.25) is 0 Å². The van der Waals surface area contributed by atoms with E-state index in [0.29, 0.717) is 12.1 Å². The van der Waals surface area contributed by atoms with E-state index in [1.54, 1.807) is 0 Å². The minimum absolute atomic E-state index is 0.107. The van der Waals surface area contributed by atoms with Gasteiger partial charge in [0.15, 0.2) is 6.61 Å². The number of nitrogens with one attached hydrogen (secondary N) is 1. The number of halogens is 4. The summed E-state index contributed by atoms with van der Waals surface area (Å²) < 4.78 is 53.8. The molecule has 0 aliphatic carbocycles. The molecule has 0 bridgehead atoms. The average Bonchev–Trinajstić information content (AvgIpc) is 2.31. The molecule has 0 heterocycles. The summed E-state index contributed by atoms with van der Waals surface area (Å²) in [5, 5.41) is 3.08. The molecule has 0 spiro atoms. The van der Waals surface area contributed by atoms with Crippen LogP contribution in [0.15, 0.2) is 18.2 Å². The van der Waals surface area contributed by atoms with Crippen LogP contribution < -0.4 is 10.1 Å². The van der Waals surface area contributed by atoms with Crippen LogP contribution in [0, 0.1) is 5.82 Å². The number of hydrogen-bond donors (Lipinski definition) is 1. The van der Waals surface area contributed by atoms with Crippen LogP contribution in [0.1, 0.15) is 25.3 Å². The highest BCUT2D eigenvalue weighted by Gasteiger charge is 2.28. The average molecular weight is 279 g/mol. The summed E-state index contributed by atoms with van der Waals surface area (Å²) in [5.41, 5.74) is 0.563. The van der Waals surface area contributed by atoms with Crippen LogP contribution in [0.4, 0.5) is 17.6 Å². The molecule has 2 nitrogen and oxygen atoms in total. The Balaban J connectivity index is 2.56. The summed E-state index contributed by atoms with van der Waals surface area (Å²) >= 11 is 0. The van der Waals surface area contributed by atoms with Crippen LogP contribution in [0.3, 0.4) is 0 Å². The molecule has 6 heteroatoms. The van der Waals surface area contributed by atoms with Crippen molar-refractivity contribution in [3.8, 4) is 5.75 Å². The lowest BCUT2D eigenvalue weighted by atomic mass is 10.2. The summed E-state index contributed by atoms with van der Waals surface area (Å²) in [7, 11) is 0. The van der Waals surface area contributed by atoms with Crippen molar-refractivity contribution in [2.24, 2.45) is 0 Å². The second-order valence-electron chi connectivity index (χ2n) is 4.23. The van der Waals surface area contributed by atoms with Crippen molar-refractivity contribution >= 4 is 0 Å². The minimum Gasteiger partial charge on any atom is -0.484 e. The highest BCUT2D eigenvalue weighted by molar-refractivity contribution is 5.29. The summed E-state index contributed by atoms with van der Waals surface area (Å²) in [6.07, 6.45) is -2.39. The molecule has 1 N–H and O–H groups in total. The zero-order valence-electron chi connectivity index (χ0n) is 10.7. The molecule has 1 aromatic carbocycles. The fourth-order valence-corrected chi connectivity index (χ4v) is 1.51. The van der Waals surface area contributed by atoms with E-state index in [0.717, 1.165) is 25.5 Å². The van der Waals surface area contributed by atoms with Gasteiger partial charge < -0.3 is 10.1 Å². The van der Waals surface area contributed by atoms with Gasteiger partial charge in [0.05, 0.1) is 0 Å². The molecule has 0 unspecified atom stereocenters. The van der Waals surface area contributed by atoms with Crippen LogP contribution in [0.25, 0.3) is 0 Å². The molecule has 0 saturated heterocycles. The van der Waals surface area contributed by atoms with E-state index >= 15 is 0 Å². The topological polar surface area (TPSA) is 21.3 Å². The number of unbranched alkanes of at least 4 members (excludes halogenated alkanes) is 1. The predicted octanol–water partition coefficient (Wildman–Crippen LogP) is 3.66. The molecule has 0 aliphatic rings. The Hall–Kier alpha value is -1.30. The van der Waals surface area contributed by atoms with Crippen LogP contribution in [0.2, 0.25) is 0 Å². The van der Waals surface area contributed by atoms with Crippen molar-refractivity contribution < 1.29 is 22.3 Å². The number of rotatable bonds is 7. The lowest BCUT2D eigenvalue weighted by Gasteiger charge is -2.11. The second-order valence-corrected chi connectivity index (χ2v) is 4.23. The van der Waals surface area contributed by atoms with Gasteiger partial charge in [-0.2, -0.15) is 13.2 Å². The standard InChI is InChI=1S/C13H17F4NO/c1-2-3-4-18-8-10-5-11(14)7-12(6-10)19-9-13(15,16)17/h5-7,18H,2-4,8-9H2,1H3. The maximum absolute atomic E-state index is 13.2. The summed E-state index contributed by atoms with van der Waals surface area (Å²) in [4.78, 5) is 0. The monoisotopic (exact) mass is 279 g/mol. The van der Waals surface area contributed by atoms with Gasteiger partial charge in [-0.25, -0.2) is 4.39 Å². The first-order chi connectivity index (χ1) is 8.90. The molecule has 108 valence electrons. The molecule has 0 fully saturated rings. The quantitative estimate of drug-likeness (QED) is 0.607. The van der Waals surface area contributed by atoms with Gasteiger partial charge in [-0.3, -0.25) is 0 Å². The van der Waals surface area contributed by atoms with E-state index in [2.05, 4.69) is 10.1 Å². The van der Waals surface area contributed by atoms with E-state index in [-0.39, 0.29) is 5.75 Å². The van der Waals surface area contributed by atoms with Gasteiger partial charge in [0.1, 0.15) is 11.6 Å². The zero-order valence-corrected chi connectivity index (χ0v) is 10.7. The second kappa shape index (κ2) is 7.33. The normalized spacial score (nSPS) is 11.6. The molecule has 1 aromatic rings. The third kappa shape index (κ3) is 7.00. The van der Waals surface area contributed by atoms with Crippen molar-refractivity contribution in [3.05, 3.63) is 29.6 Å². The maximum atomic E-state index is 13.2. The Labute approximate surface area is 109 Å². The highest BCUT2D eigenvalue weighted by Crippen LogP contribution is 2.20. The smallest absolute Gasteiger partial charge is 0.422 e. The van der Waals surface area contributed by atoms with Crippen molar-refractivity contribution in [1.82, 2.24) is 5.32 Å². The van der Waals surface area contributed by atoms with Crippen LogP contribution in [0.5, 0.6) is 5.75 Å². The number of ether oxygens (including phenoxy) is 1. The van der Waals surface area contributed by atoms with Crippen LogP contribution >= 0.6 is 0 Å². The minimum atomic E-state index is -4.42. The predicted molar refractivity (Wildman–Crippen MR) is 64.6 cm³/mol. The molecular formula is C13H17F4NO. The molecule has 0 aliphatic heterocycles. The Morgan fingerprint density at radius 3 is 2.58 bits per heavy atom. The number of benzene rings is 1. The van der Waals surface area contributed by atoms with E-state index in [4.69, 9.17) is 0 Å². The molecule has 0 saturated carbocycles. The molecule has 1 rings (SSSR count). The Bertz CT molecular complexity index is 393. The van der Waals surface area contributed by atoms with Crippen molar-refractivity contribution in [2.75, 3.05) is 13.2 Å². The molecule has 0 radical (unpaired) electrons. The third-order valence-electron chi connectivity index (χ3n) is 2.37. The number of hydrogen-bond acceptors (Lipinski definition) is 2. The SMILES string of the molecule is CCCCNCc1cc(F)cc(OCC(F)(F)F)c1. The van der Waals surface area contributed by atoms with E-state index in [1.165, 1.54) is 12.1 Å². The molecular weight excluding hydrogens is 262 g/mol. The molecule has 0 aromatic heterocycles. The Morgan fingerprint density at radius 1 is 1.21 bits per heavy atom. The fourth-order valence-electron chi connectivity index (χ4n) is 1.51. The van der Waals surface area contributed by atoms with Gasteiger partial charge in [-0.15, -0.1) is 0 Å². The van der Waals surface area contributed by atoms with Gasteiger partial charge in [-0.05, 0) is 30.7 Å². The van der Waals surface area contributed by atoms with Crippen molar-refractivity contribution in [3.63, 3.8) is 0 Å². The first-order valence-corrected chi connectivity index (χ1v) is 6.10. The third-order valence-corrected chi connectivity index (χ3v) is 2.37. The first-order valence-electron chi connectivity index (χ1n) is 6.10. The summed E-state index contributed by atoms with van der Waals surface area (Å²) in [6, 6.07) is 3.63. The zero-order chi connectivity index (χ0) is 14.3. The van der Waals surface area contributed by atoms with E-state index < -0.39 is 18.6 Å².